The molecule has 1 aromatic heterocycles. The van der Waals surface area contributed by atoms with E-state index in [9.17, 15) is 5.21 Å². The summed E-state index contributed by atoms with van der Waals surface area (Å²) >= 11 is 13.2. The van der Waals surface area contributed by atoms with Gasteiger partial charge in [-0.3, -0.25) is 0 Å². The molecule has 2 rings (SSSR count). The van der Waals surface area contributed by atoms with Crippen LogP contribution in [0, 0.1) is 5.21 Å². The van der Waals surface area contributed by atoms with Crippen LogP contribution in [-0.2, 0) is 0 Å². The molecule has 2 aromatic rings. The molecule has 6 heteroatoms. The Balaban J connectivity index is 1.83. The van der Waals surface area contributed by atoms with Gasteiger partial charge in [-0.25, -0.2) is 0 Å². The number of hydrogen-bond donors (Lipinski definition) is 0. The Bertz CT molecular complexity index is 566. The number of aromatic nitrogens is 1. The third kappa shape index (κ3) is 4.20. The first-order valence-corrected chi connectivity index (χ1v) is 7.30. The van der Waals surface area contributed by atoms with E-state index in [0.717, 1.165) is 4.73 Å². The normalized spacial score (nSPS) is 10.4. The van der Waals surface area contributed by atoms with Gasteiger partial charge in [0.25, 0.3) is 5.03 Å². The zero-order chi connectivity index (χ0) is 13.7. The van der Waals surface area contributed by atoms with Crippen LogP contribution in [0.2, 0.25) is 10.0 Å². The summed E-state index contributed by atoms with van der Waals surface area (Å²) in [5, 5.41) is 13.1. The second-order valence-corrected chi connectivity index (χ2v) is 5.60. The molecule has 3 nitrogen and oxygen atoms in total. The summed E-state index contributed by atoms with van der Waals surface area (Å²) in [6.07, 6.45) is 1.47. The van der Waals surface area contributed by atoms with E-state index < -0.39 is 0 Å². The predicted molar refractivity (Wildman–Crippen MR) is 78.1 cm³/mol. The maximum Gasteiger partial charge on any atom is 0.251 e. The fourth-order valence-corrected chi connectivity index (χ4v) is 2.62. The molecule has 0 saturated carbocycles. The number of hydrogen-bond acceptors (Lipinski definition) is 3. The van der Waals surface area contributed by atoms with Crippen LogP contribution in [0.25, 0.3) is 0 Å². The average molecular weight is 316 g/mol. The summed E-state index contributed by atoms with van der Waals surface area (Å²) in [4.78, 5) is 0. The van der Waals surface area contributed by atoms with Crippen molar-refractivity contribution in [2.24, 2.45) is 0 Å². The summed E-state index contributed by atoms with van der Waals surface area (Å²) in [6.45, 7) is 0.459. The fourth-order valence-electron chi connectivity index (χ4n) is 1.41. The van der Waals surface area contributed by atoms with Crippen molar-refractivity contribution in [2.45, 2.75) is 5.03 Å². The zero-order valence-corrected chi connectivity index (χ0v) is 12.2. The molecule has 0 bridgehead atoms. The van der Waals surface area contributed by atoms with E-state index in [1.165, 1.54) is 18.0 Å². The van der Waals surface area contributed by atoms with E-state index in [1.807, 2.05) is 6.07 Å². The van der Waals surface area contributed by atoms with Gasteiger partial charge in [0.2, 0.25) is 0 Å². The number of nitrogens with zero attached hydrogens (tertiary/aromatic N) is 1. The number of rotatable bonds is 5. The van der Waals surface area contributed by atoms with Gasteiger partial charge < -0.3 is 9.94 Å². The molecular formula is C13H11Cl2NO2S. The summed E-state index contributed by atoms with van der Waals surface area (Å²) < 4.78 is 6.36. The Morgan fingerprint density at radius 1 is 1.21 bits per heavy atom. The summed E-state index contributed by atoms with van der Waals surface area (Å²) in [5.41, 5.74) is 0. The van der Waals surface area contributed by atoms with Crippen molar-refractivity contribution in [3.8, 4) is 5.75 Å². The molecule has 19 heavy (non-hydrogen) atoms. The van der Waals surface area contributed by atoms with Gasteiger partial charge in [0.1, 0.15) is 5.75 Å². The van der Waals surface area contributed by atoms with Crippen molar-refractivity contribution in [1.29, 1.82) is 0 Å². The Morgan fingerprint density at radius 3 is 2.79 bits per heavy atom. The van der Waals surface area contributed by atoms with Gasteiger partial charge in [-0.05, 0) is 24.3 Å². The minimum Gasteiger partial charge on any atom is -0.618 e. The standard InChI is InChI=1S/C13H11Cl2NO2S/c14-10-4-5-12(11(15)9-10)18-7-8-19-13-3-1-2-6-16(13)17/h1-6,9H,7-8H2. The van der Waals surface area contributed by atoms with Gasteiger partial charge in [0.05, 0.1) is 11.6 Å². The Kier molecular flexibility index (Phi) is 5.19. The lowest BCUT2D eigenvalue weighted by Crippen LogP contribution is -2.27. The van der Waals surface area contributed by atoms with Gasteiger partial charge in [0, 0.05) is 22.9 Å². The number of halogens is 2. The van der Waals surface area contributed by atoms with Crippen LogP contribution in [0.1, 0.15) is 0 Å². The van der Waals surface area contributed by atoms with Crippen LogP contribution in [0.5, 0.6) is 5.75 Å². The SMILES string of the molecule is [O-][n+]1ccccc1SCCOc1ccc(Cl)cc1Cl. The van der Waals surface area contributed by atoms with E-state index in [1.54, 1.807) is 30.3 Å². The van der Waals surface area contributed by atoms with E-state index in [0.29, 0.717) is 33.2 Å². The Morgan fingerprint density at radius 2 is 2.05 bits per heavy atom. The van der Waals surface area contributed by atoms with E-state index in [2.05, 4.69) is 0 Å². The quantitative estimate of drug-likeness (QED) is 0.364. The van der Waals surface area contributed by atoms with Crippen molar-refractivity contribution in [3.63, 3.8) is 0 Å². The maximum atomic E-state index is 11.4. The first-order valence-electron chi connectivity index (χ1n) is 5.55. The second kappa shape index (κ2) is 6.89. The van der Waals surface area contributed by atoms with Crippen LogP contribution >= 0.6 is 35.0 Å². The monoisotopic (exact) mass is 315 g/mol. The zero-order valence-electron chi connectivity index (χ0n) is 9.88. The lowest BCUT2D eigenvalue weighted by Gasteiger charge is -2.08. The van der Waals surface area contributed by atoms with Crippen LogP contribution < -0.4 is 9.47 Å². The van der Waals surface area contributed by atoms with Crippen molar-refractivity contribution in [3.05, 3.63) is 57.8 Å². The molecule has 100 valence electrons. The molecule has 0 radical (unpaired) electrons. The first-order chi connectivity index (χ1) is 9.16. The molecule has 0 aliphatic heterocycles. The maximum absolute atomic E-state index is 11.4. The highest BCUT2D eigenvalue weighted by molar-refractivity contribution is 7.99. The molecule has 0 saturated heterocycles. The largest absolute Gasteiger partial charge is 0.618 e. The summed E-state index contributed by atoms with van der Waals surface area (Å²) in [5.74, 6) is 1.25. The Labute approximate surface area is 125 Å². The lowest BCUT2D eigenvalue weighted by atomic mass is 10.3. The highest BCUT2D eigenvalue weighted by Gasteiger charge is 2.05. The fraction of sp³-hybridized carbons (Fsp3) is 0.154. The molecule has 0 aliphatic rings. The second-order valence-electron chi connectivity index (χ2n) is 3.64. The molecule has 0 fully saturated rings. The third-order valence-electron chi connectivity index (χ3n) is 2.27. The predicted octanol–water partition coefficient (Wildman–Crippen LogP) is 3.80. The molecule has 0 atom stereocenters. The third-order valence-corrected chi connectivity index (χ3v) is 3.79. The molecule has 0 aliphatic carbocycles. The van der Waals surface area contributed by atoms with Gasteiger partial charge in [0.15, 0.2) is 6.20 Å². The average Bonchev–Trinajstić information content (AvgIpc) is 2.38. The van der Waals surface area contributed by atoms with E-state index >= 15 is 0 Å². The van der Waals surface area contributed by atoms with E-state index in [-0.39, 0.29) is 0 Å². The highest BCUT2D eigenvalue weighted by Crippen LogP contribution is 2.27. The number of benzene rings is 1. The van der Waals surface area contributed by atoms with Crippen LogP contribution in [0.4, 0.5) is 0 Å². The molecule has 1 aromatic carbocycles. The minimum atomic E-state index is 0.459. The van der Waals surface area contributed by atoms with Gasteiger partial charge in [-0.15, -0.1) is 0 Å². The van der Waals surface area contributed by atoms with Crippen molar-refractivity contribution >= 4 is 35.0 Å². The topological polar surface area (TPSA) is 36.2 Å². The van der Waals surface area contributed by atoms with Crippen LogP contribution in [0.15, 0.2) is 47.6 Å². The van der Waals surface area contributed by atoms with Crippen molar-refractivity contribution in [2.75, 3.05) is 12.4 Å². The minimum absolute atomic E-state index is 0.459. The highest BCUT2D eigenvalue weighted by atomic mass is 35.5. The molecule has 1 heterocycles. The molecule has 0 unspecified atom stereocenters. The van der Waals surface area contributed by atoms with Gasteiger partial charge in [-0.2, -0.15) is 4.73 Å². The lowest BCUT2D eigenvalue weighted by molar-refractivity contribution is -0.645. The number of pyridine rings is 1. The van der Waals surface area contributed by atoms with Gasteiger partial charge in [-0.1, -0.05) is 35.0 Å². The van der Waals surface area contributed by atoms with Crippen LogP contribution in [0.3, 0.4) is 0 Å². The molecular weight excluding hydrogens is 305 g/mol. The Hall–Kier alpha value is -1.10. The van der Waals surface area contributed by atoms with E-state index in [4.69, 9.17) is 27.9 Å². The van der Waals surface area contributed by atoms with Crippen molar-refractivity contribution < 1.29 is 9.47 Å². The summed E-state index contributed by atoms with van der Waals surface area (Å²) in [7, 11) is 0. The first kappa shape index (κ1) is 14.3. The molecule has 0 spiro atoms. The summed E-state index contributed by atoms with van der Waals surface area (Å²) in [6, 6.07) is 10.4. The van der Waals surface area contributed by atoms with Crippen molar-refractivity contribution in [1.82, 2.24) is 0 Å². The molecule has 0 N–H and O–H groups in total. The number of thioether (sulfide) groups is 1. The number of ether oxygens (including phenoxy) is 1. The van der Waals surface area contributed by atoms with Gasteiger partial charge >= 0.3 is 0 Å². The smallest absolute Gasteiger partial charge is 0.251 e. The van der Waals surface area contributed by atoms with Crippen LogP contribution in [-0.4, -0.2) is 12.4 Å². The molecule has 0 amide bonds.